The Labute approximate surface area is 157 Å². The first-order valence-corrected chi connectivity index (χ1v) is 9.03. The van der Waals surface area contributed by atoms with Crippen molar-refractivity contribution in [2.75, 3.05) is 13.6 Å². The second kappa shape index (κ2) is 7.27. The van der Waals surface area contributed by atoms with E-state index in [1.54, 1.807) is 25.4 Å². The molecule has 0 aliphatic carbocycles. The van der Waals surface area contributed by atoms with Crippen molar-refractivity contribution in [1.82, 2.24) is 9.88 Å². The molecule has 0 atom stereocenters. The highest BCUT2D eigenvalue weighted by Crippen LogP contribution is 2.30. The Morgan fingerprint density at radius 1 is 1.19 bits per heavy atom. The normalized spacial score (nSPS) is 14.6. The predicted octanol–water partition coefficient (Wildman–Crippen LogP) is 4.21. The molecular formula is C22H20FN3O. The second-order valence-corrected chi connectivity index (χ2v) is 6.76. The molecule has 4 nitrogen and oxygen atoms in total. The Kier molecular flexibility index (Phi) is 4.67. The van der Waals surface area contributed by atoms with Crippen molar-refractivity contribution in [2.45, 2.75) is 19.4 Å². The van der Waals surface area contributed by atoms with Gasteiger partial charge in [0.25, 0.3) is 0 Å². The molecule has 1 aromatic heterocycles. The van der Waals surface area contributed by atoms with Gasteiger partial charge in [-0.05, 0) is 47.4 Å². The van der Waals surface area contributed by atoms with Gasteiger partial charge in [0.15, 0.2) is 0 Å². The summed E-state index contributed by atoms with van der Waals surface area (Å²) in [5.41, 5.74) is 4.56. The molecule has 1 amide bonds. The van der Waals surface area contributed by atoms with E-state index in [1.807, 2.05) is 29.2 Å². The molecule has 3 aromatic rings. The van der Waals surface area contributed by atoms with Crippen LogP contribution in [0.5, 0.6) is 0 Å². The number of carbonyl (C=O) groups excluding carboxylic acids is 1. The first-order chi connectivity index (χ1) is 13.1. The van der Waals surface area contributed by atoms with Crippen LogP contribution in [0.3, 0.4) is 0 Å². The van der Waals surface area contributed by atoms with E-state index in [9.17, 15) is 9.18 Å². The van der Waals surface area contributed by atoms with Crippen LogP contribution in [0, 0.1) is 5.82 Å². The summed E-state index contributed by atoms with van der Waals surface area (Å²) < 4.78 is 13.3. The maximum atomic E-state index is 13.3. The third kappa shape index (κ3) is 3.58. The van der Waals surface area contributed by atoms with Crippen molar-refractivity contribution in [1.29, 1.82) is 0 Å². The van der Waals surface area contributed by atoms with Crippen LogP contribution in [0.1, 0.15) is 24.1 Å². The number of amides is 1. The lowest BCUT2D eigenvalue weighted by Gasteiger charge is -2.16. The summed E-state index contributed by atoms with van der Waals surface area (Å²) in [4.78, 5) is 22.6. The van der Waals surface area contributed by atoms with Crippen LogP contribution < -0.4 is 0 Å². The zero-order valence-electron chi connectivity index (χ0n) is 15.2. The zero-order valence-corrected chi connectivity index (χ0v) is 15.2. The van der Waals surface area contributed by atoms with Crippen LogP contribution >= 0.6 is 0 Å². The highest BCUT2D eigenvalue weighted by atomic mass is 19.1. The maximum Gasteiger partial charge on any atom is 0.222 e. The molecule has 0 unspecified atom stereocenters. The SMILES string of the molecule is CN=Cc1cc(-c2ccc(F)cc2)c2ccc(CN3CCCC3=O)cc2n1. The van der Waals surface area contributed by atoms with Crippen LogP contribution in [-0.4, -0.2) is 35.6 Å². The van der Waals surface area contributed by atoms with Crippen LogP contribution in [0.25, 0.3) is 22.0 Å². The third-order valence-electron chi connectivity index (χ3n) is 4.86. The highest BCUT2D eigenvalue weighted by Gasteiger charge is 2.20. The third-order valence-corrected chi connectivity index (χ3v) is 4.86. The molecule has 0 spiro atoms. The molecule has 0 bridgehead atoms. The lowest BCUT2D eigenvalue weighted by Crippen LogP contribution is -2.23. The van der Waals surface area contributed by atoms with Crippen molar-refractivity contribution < 1.29 is 9.18 Å². The van der Waals surface area contributed by atoms with Gasteiger partial charge in [-0.1, -0.05) is 24.3 Å². The fourth-order valence-corrected chi connectivity index (χ4v) is 3.55. The fourth-order valence-electron chi connectivity index (χ4n) is 3.55. The van der Waals surface area contributed by atoms with E-state index in [4.69, 9.17) is 4.98 Å². The Morgan fingerprint density at radius 3 is 2.70 bits per heavy atom. The summed E-state index contributed by atoms with van der Waals surface area (Å²) >= 11 is 0. The van der Waals surface area contributed by atoms with Crippen molar-refractivity contribution in [2.24, 2.45) is 4.99 Å². The van der Waals surface area contributed by atoms with Gasteiger partial charge in [0.1, 0.15) is 5.82 Å². The average Bonchev–Trinajstić information content (AvgIpc) is 3.06. The number of hydrogen-bond donors (Lipinski definition) is 0. The highest BCUT2D eigenvalue weighted by molar-refractivity contribution is 5.97. The predicted molar refractivity (Wildman–Crippen MR) is 105 cm³/mol. The Bertz CT molecular complexity index is 1030. The summed E-state index contributed by atoms with van der Waals surface area (Å²) in [5.74, 6) is -0.0491. The maximum absolute atomic E-state index is 13.3. The molecule has 27 heavy (non-hydrogen) atoms. The van der Waals surface area contributed by atoms with Gasteiger partial charge in [-0.3, -0.25) is 9.79 Å². The number of likely N-dealkylation sites (tertiary alicyclic amines) is 1. The van der Waals surface area contributed by atoms with E-state index in [-0.39, 0.29) is 11.7 Å². The van der Waals surface area contributed by atoms with Gasteiger partial charge >= 0.3 is 0 Å². The van der Waals surface area contributed by atoms with E-state index in [2.05, 4.69) is 4.99 Å². The molecule has 5 heteroatoms. The van der Waals surface area contributed by atoms with E-state index in [0.29, 0.717) is 13.0 Å². The smallest absolute Gasteiger partial charge is 0.222 e. The molecule has 136 valence electrons. The van der Waals surface area contributed by atoms with E-state index < -0.39 is 0 Å². The molecule has 0 saturated carbocycles. The summed E-state index contributed by atoms with van der Waals surface area (Å²) in [6.45, 7) is 1.42. The van der Waals surface area contributed by atoms with Gasteiger partial charge in [0, 0.05) is 38.2 Å². The van der Waals surface area contributed by atoms with Gasteiger partial charge < -0.3 is 4.90 Å². The van der Waals surface area contributed by atoms with Crippen LogP contribution in [-0.2, 0) is 11.3 Å². The number of hydrogen-bond acceptors (Lipinski definition) is 3. The zero-order chi connectivity index (χ0) is 18.8. The molecular weight excluding hydrogens is 341 g/mol. The number of nitrogens with zero attached hydrogens (tertiary/aromatic N) is 3. The van der Waals surface area contributed by atoms with E-state index >= 15 is 0 Å². The van der Waals surface area contributed by atoms with Crippen LogP contribution in [0.15, 0.2) is 53.5 Å². The summed E-state index contributed by atoms with van der Waals surface area (Å²) in [6.07, 6.45) is 3.28. The van der Waals surface area contributed by atoms with E-state index in [1.165, 1.54) is 12.1 Å². The van der Waals surface area contributed by atoms with Gasteiger partial charge in [0.2, 0.25) is 5.91 Å². The number of aromatic nitrogens is 1. The Balaban J connectivity index is 1.80. The van der Waals surface area contributed by atoms with Crippen molar-refractivity contribution >= 4 is 23.0 Å². The first kappa shape index (κ1) is 17.3. The molecule has 1 saturated heterocycles. The molecule has 1 aliphatic rings. The number of benzene rings is 2. The molecule has 4 rings (SSSR count). The first-order valence-electron chi connectivity index (χ1n) is 9.03. The standard InChI is InChI=1S/C22H20FN3O/c1-24-13-18-12-20(16-5-7-17(23)8-6-16)19-9-4-15(11-21(19)25-18)14-26-10-2-3-22(26)27/h4-9,11-13H,2-3,10,14H2,1H3. The average molecular weight is 361 g/mol. The summed E-state index contributed by atoms with van der Waals surface area (Å²) in [6, 6.07) is 14.5. The number of halogens is 1. The topological polar surface area (TPSA) is 45.6 Å². The number of aliphatic imine (C=N–C) groups is 1. The van der Waals surface area contributed by atoms with Gasteiger partial charge in [-0.2, -0.15) is 0 Å². The second-order valence-electron chi connectivity index (χ2n) is 6.76. The van der Waals surface area contributed by atoms with E-state index in [0.717, 1.165) is 46.3 Å². The largest absolute Gasteiger partial charge is 0.338 e. The van der Waals surface area contributed by atoms with Crippen molar-refractivity contribution in [3.63, 3.8) is 0 Å². The molecule has 1 fully saturated rings. The minimum atomic E-state index is -0.259. The number of carbonyl (C=O) groups is 1. The van der Waals surface area contributed by atoms with Gasteiger partial charge in [-0.25, -0.2) is 9.37 Å². The molecule has 1 aliphatic heterocycles. The molecule has 2 heterocycles. The minimum Gasteiger partial charge on any atom is -0.338 e. The summed E-state index contributed by atoms with van der Waals surface area (Å²) in [5, 5.41) is 0.992. The van der Waals surface area contributed by atoms with Crippen molar-refractivity contribution in [3.8, 4) is 11.1 Å². The Hall–Kier alpha value is -3.08. The number of fused-ring (bicyclic) bond motifs is 1. The fraction of sp³-hybridized carbons (Fsp3) is 0.227. The molecule has 2 aromatic carbocycles. The summed E-state index contributed by atoms with van der Waals surface area (Å²) in [7, 11) is 1.71. The number of rotatable bonds is 4. The molecule has 0 radical (unpaired) electrons. The van der Waals surface area contributed by atoms with Crippen LogP contribution in [0.4, 0.5) is 4.39 Å². The Morgan fingerprint density at radius 2 is 2.00 bits per heavy atom. The number of pyridine rings is 1. The van der Waals surface area contributed by atoms with Crippen molar-refractivity contribution in [3.05, 3.63) is 65.6 Å². The lowest BCUT2D eigenvalue weighted by atomic mass is 9.99. The molecule has 0 N–H and O–H groups in total. The van der Waals surface area contributed by atoms with Crippen LogP contribution in [0.2, 0.25) is 0 Å². The quantitative estimate of drug-likeness (QED) is 0.654. The van der Waals surface area contributed by atoms with Gasteiger partial charge in [-0.15, -0.1) is 0 Å². The minimum absolute atomic E-state index is 0.210. The lowest BCUT2D eigenvalue weighted by molar-refractivity contribution is -0.128. The monoisotopic (exact) mass is 361 g/mol. The van der Waals surface area contributed by atoms with Gasteiger partial charge in [0.05, 0.1) is 11.2 Å².